The number of nitrogens with zero attached hydrogens (tertiary/aromatic N) is 1. The van der Waals surface area contributed by atoms with Crippen molar-refractivity contribution < 1.29 is 47.6 Å². The molecule has 1 heterocycles. The third-order valence-electron chi connectivity index (χ3n) is 3.55. The molecule has 0 N–H and O–H groups in total. The van der Waals surface area contributed by atoms with Crippen LogP contribution in [-0.4, -0.2) is 27.5 Å². The SMILES string of the molecule is CS(C)=O.O=C1c2ccccc2-c2nccc3ccc([O-])c1c23.[Cl-].[Pt+2]. The van der Waals surface area contributed by atoms with Crippen LogP contribution >= 0.6 is 0 Å². The monoisotopic (exact) mass is 554 g/mol. The van der Waals surface area contributed by atoms with Gasteiger partial charge in [0.2, 0.25) is 0 Å². The van der Waals surface area contributed by atoms with Crippen LogP contribution in [0.4, 0.5) is 0 Å². The van der Waals surface area contributed by atoms with Gasteiger partial charge >= 0.3 is 21.1 Å². The summed E-state index contributed by atoms with van der Waals surface area (Å²) in [7, 11) is -0.611. The zero-order valence-corrected chi connectivity index (χ0v) is 17.2. The van der Waals surface area contributed by atoms with Gasteiger partial charge < -0.3 is 17.5 Å². The van der Waals surface area contributed by atoms with Crippen LogP contribution in [0.5, 0.6) is 5.75 Å². The van der Waals surface area contributed by atoms with Gasteiger partial charge in [-0.3, -0.25) is 14.0 Å². The third kappa shape index (κ3) is 4.00. The van der Waals surface area contributed by atoms with Crippen LogP contribution in [0.25, 0.3) is 22.0 Å². The fourth-order valence-corrected chi connectivity index (χ4v) is 2.70. The Balaban J connectivity index is 0.000000476. The Morgan fingerprint density at radius 1 is 1.00 bits per heavy atom. The van der Waals surface area contributed by atoms with Crippen LogP contribution in [-0.2, 0) is 31.9 Å². The third-order valence-corrected chi connectivity index (χ3v) is 3.55. The molecule has 7 heteroatoms. The van der Waals surface area contributed by atoms with Crippen LogP contribution in [0.1, 0.15) is 15.9 Å². The Kier molecular flexibility index (Phi) is 7.48. The van der Waals surface area contributed by atoms with E-state index in [9.17, 15) is 14.1 Å². The molecular formula is C18H14ClNO3PtS. The molecule has 0 atom stereocenters. The largest absolute Gasteiger partial charge is 2.00 e. The first-order valence-electron chi connectivity index (χ1n) is 6.98. The molecule has 0 radical (unpaired) electrons. The van der Waals surface area contributed by atoms with E-state index in [-0.39, 0.29) is 50.6 Å². The van der Waals surface area contributed by atoms with Gasteiger partial charge in [-0.1, -0.05) is 42.1 Å². The molecule has 3 aromatic rings. The minimum Gasteiger partial charge on any atom is -1.00 e. The molecule has 4 rings (SSSR count). The minimum atomic E-state index is -0.611. The van der Waals surface area contributed by atoms with Crippen LogP contribution < -0.4 is 17.5 Å². The number of carbonyl (C=O) groups excluding carboxylic acids is 1. The van der Waals surface area contributed by atoms with Crippen molar-refractivity contribution in [2.45, 2.75) is 0 Å². The molecule has 0 unspecified atom stereocenters. The fraction of sp³-hybridized carbons (Fsp3) is 0.111. The zero-order chi connectivity index (χ0) is 16.6. The Hall–Kier alpha value is -1.55. The minimum absolute atomic E-state index is 0. The summed E-state index contributed by atoms with van der Waals surface area (Å²) in [5.41, 5.74) is 2.33. The first-order chi connectivity index (χ1) is 11.0. The predicted molar refractivity (Wildman–Crippen MR) is 90.0 cm³/mol. The second-order valence-corrected chi connectivity index (χ2v) is 6.80. The van der Waals surface area contributed by atoms with Gasteiger partial charge in [0, 0.05) is 51.6 Å². The van der Waals surface area contributed by atoms with Gasteiger partial charge in [0.15, 0.2) is 5.78 Å². The summed E-state index contributed by atoms with van der Waals surface area (Å²) in [6, 6.07) is 12.3. The number of ketones is 1. The van der Waals surface area contributed by atoms with Gasteiger partial charge in [0.1, 0.15) is 0 Å². The van der Waals surface area contributed by atoms with Gasteiger partial charge in [0.05, 0.1) is 5.69 Å². The van der Waals surface area contributed by atoms with E-state index in [0.29, 0.717) is 10.9 Å². The number of pyridine rings is 1. The van der Waals surface area contributed by atoms with Crippen molar-refractivity contribution >= 4 is 27.4 Å². The van der Waals surface area contributed by atoms with E-state index in [2.05, 4.69) is 4.98 Å². The molecule has 25 heavy (non-hydrogen) atoms. The Bertz CT molecular complexity index is 958. The number of fused-ring (bicyclic) bond motifs is 2. The Labute approximate surface area is 168 Å². The maximum absolute atomic E-state index is 12.5. The van der Waals surface area contributed by atoms with Crippen molar-refractivity contribution in [3.8, 4) is 17.0 Å². The summed E-state index contributed by atoms with van der Waals surface area (Å²) in [5, 5.41) is 13.6. The van der Waals surface area contributed by atoms with Crippen molar-refractivity contribution in [3.05, 3.63) is 59.8 Å². The Morgan fingerprint density at radius 3 is 2.24 bits per heavy atom. The number of hydrogen-bond donors (Lipinski definition) is 0. The van der Waals surface area contributed by atoms with E-state index in [0.717, 1.165) is 16.6 Å². The molecule has 132 valence electrons. The van der Waals surface area contributed by atoms with E-state index in [1.54, 1.807) is 36.9 Å². The van der Waals surface area contributed by atoms with Crippen molar-refractivity contribution in [1.82, 2.24) is 4.98 Å². The van der Waals surface area contributed by atoms with Crippen molar-refractivity contribution in [2.75, 3.05) is 12.5 Å². The van der Waals surface area contributed by atoms with Gasteiger partial charge in [0.25, 0.3) is 0 Å². The molecule has 0 saturated heterocycles. The average molecular weight is 555 g/mol. The molecule has 1 aromatic heterocycles. The maximum Gasteiger partial charge on any atom is 2.00 e. The standard InChI is InChI=1S/C16H9NO2.C2H6OS.ClH.Pt/c18-12-6-5-9-7-8-17-15-10-3-1-2-4-11(10)16(19)14(12)13(9)15;1-4(2)3;;/h1-8,18H;1-2H3;1H;/q;;;+2/p-2. The van der Waals surface area contributed by atoms with Crippen LogP contribution in [0.2, 0.25) is 0 Å². The molecule has 4 nitrogen and oxygen atoms in total. The number of aromatic nitrogens is 1. The molecule has 0 spiro atoms. The number of hydrogen-bond acceptors (Lipinski definition) is 4. The molecule has 1 aliphatic rings. The van der Waals surface area contributed by atoms with E-state index >= 15 is 0 Å². The number of carbonyl (C=O) groups is 1. The normalized spacial score (nSPS) is 10.9. The van der Waals surface area contributed by atoms with Crippen LogP contribution in [0.15, 0.2) is 48.7 Å². The summed E-state index contributed by atoms with van der Waals surface area (Å²) in [5.74, 6) is -0.437. The smallest absolute Gasteiger partial charge is 1.00 e. The van der Waals surface area contributed by atoms with E-state index in [4.69, 9.17) is 0 Å². The van der Waals surface area contributed by atoms with Crippen molar-refractivity contribution in [2.24, 2.45) is 0 Å². The van der Waals surface area contributed by atoms with Gasteiger partial charge in [-0.25, -0.2) is 0 Å². The zero-order valence-electron chi connectivity index (χ0n) is 13.4. The molecule has 1 aliphatic carbocycles. The average Bonchev–Trinajstić information content (AvgIpc) is 2.53. The van der Waals surface area contributed by atoms with Gasteiger partial charge in [-0.2, -0.15) is 0 Å². The summed E-state index contributed by atoms with van der Waals surface area (Å²) < 4.78 is 9.56. The van der Waals surface area contributed by atoms with Crippen LogP contribution in [0, 0.1) is 0 Å². The maximum atomic E-state index is 12.5. The van der Waals surface area contributed by atoms with E-state index in [1.807, 2.05) is 18.2 Å². The van der Waals surface area contributed by atoms with Crippen molar-refractivity contribution in [3.63, 3.8) is 0 Å². The summed E-state index contributed by atoms with van der Waals surface area (Å²) in [6.45, 7) is 0. The summed E-state index contributed by atoms with van der Waals surface area (Å²) >= 11 is 0. The summed E-state index contributed by atoms with van der Waals surface area (Å²) in [6.07, 6.45) is 4.98. The first-order valence-corrected chi connectivity index (χ1v) is 8.95. The topological polar surface area (TPSA) is 70.1 Å². The second kappa shape index (κ2) is 8.70. The first kappa shape index (κ1) is 21.5. The quantitative estimate of drug-likeness (QED) is 0.294. The van der Waals surface area contributed by atoms with Crippen LogP contribution in [0.3, 0.4) is 0 Å². The predicted octanol–water partition coefficient (Wildman–Crippen LogP) is -0.484. The molecule has 0 fully saturated rings. The van der Waals surface area contributed by atoms with Gasteiger partial charge in [-0.15, -0.1) is 0 Å². The van der Waals surface area contributed by atoms with E-state index < -0.39 is 10.8 Å². The molecule has 0 aliphatic heterocycles. The number of benzene rings is 2. The molecular weight excluding hydrogens is 541 g/mol. The Morgan fingerprint density at radius 2 is 1.60 bits per heavy atom. The molecule has 2 aromatic carbocycles. The molecule has 0 amide bonds. The van der Waals surface area contributed by atoms with Crippen molar-refractivity contribution in [1.29, 1.82) is 0 Å². The van der Waals surface area contributed by atoms with E-state index in [1.165, 1.54) is 6.07 Å². The number of halogens is 1. The number of rotatable bonds is 0. The molecule has 0 bridgehead atoms. The molecule has 0 saturated carbocycles. The summed E-state index contributed by atoms with van der Waals surface area (Å²) in [4.78, 5) is 16.9. The van der Waals surface area contributed by atoms with Gasteiger partial charge in [-0.05, 0) is 11.5 Å². The second-order valence-electron chi connectivity index (χ2n) is 5.31. The fourth-order valence-electron chi connectivity index (χ4n) is 2.70.